The first-order valence-electron chi connectivity index (χ1n) is 6.56. The Kier molecular flexibility index (Phi) is 3.79. The molecule has 5 nitrogen and oxygen atoms in total. The Bertz CT molecular complexity index is 640. The van der Waals surface area contributed by atoms with Gasteiger partial charge in [0.25, 0.3) is 5.91 Å². The lowest BCUT2D eigenvalue weighted by molar-refractivity contribution is -0.144. The monoisotopic (exact) mass is 275 g/mol. The maximum atomic E-state index is 12.3. The van der Waals surface area contributed by atoms with Crippen molar-refractivity contribution in [2.24, 2.45) is 0 Å². The fourth-order valence-corrected chi connectivity index (χ4v) is 2.22. The van der Waals surface area contributed by atoms with E-state index in [9.17, 15) is 14.7 Å². The van der Waals surface area contributed by atoms with Crippen LogP contribution in [-0.2, 0) is 4.79 Å². The number of fused-ring (bicyclic) bond motifs is 1. The van der Waals surface area contributed by atoms with Crippen LogP contribution in [0.2, 0.25) is 0 Å². The van der Waals surface area contributed by atoms with E-state index in [0.717, 1.165) is 0 Å². The Balaban J connectivity index is 2.34. The zero-order chi connectivity index (χ0) is 14.8. The Morgan fingerprint density at radius 2 is 1.90 bits per heavy atom. The summed E-state index contributed by atoms with van der Waals surface area (Å²) in [4.78, 5) is 23.7. The van der Waals surface area contributed by atoms with Crippen molar-refractivity contribution in [3.05, 3.63) is 36.1 Å². The number of amides is 1. The van der Waals surface area contributed by atoms with Crippen molar-refractivity contribution in [1.29, 1.82) is 0 Å². The number of hydrogen-bond acceptors (Lipinski definition) is 3. The second-order valence-corrected chi connectivity index (χ2v) is 4.69. The SMILES string of the molecule is CCC(CC)(NC(=O)c1coc2ccccc12)C(=O)O. The highest BCUT2D eigenvalue weighted by Crippen LogP contribution is 2.22. The summed E-state index contributed by atoms with van der Waals surface area (Å²) in [6.45, 7) is 3.48. The lowest BCUT2D eigenvalue weighted by atomic mass is 9.92. The summed E-state index contributed by atoms with van der Waals surface area (Å²) in [5, 5.41) is 12.6. The zero-order valence-electron chi connectivity index (χ0n) is 11.5. The van der Waals surface area contributed by atoms with E-state index in [4.69, 9.17) is 4.42 Å². The first-order valence-corrected chi connectivity index (χ1v) is 6.56. The molecule has 1 aromatic carbocycles. The van der Waals surface area contributed by atoms with E-state index >= 15 is 0 Å². The number of carbonyl (C=O) groups is 2. The van der Waals surface area contributed by atoms with Crippen LogP contribution in [0, 0.1) is 0 Å². The highest BCUT2D eigenvalue weighted by Gasteiger charge is 2.37. The average Bonchev–Trinajstić information content (AvgIpc) is 2.88. The number of benzene rings is 1. The fourth-order valence-electron chi connectivity index (χ4n) is 2.22. The van der Waals surface area contributed by atoms with Gasteiger partial charge in [-0.1, -0.05) is 32.0 Å². The zero-order valence-corrected chi connectivity index (χ0v) is 11.5. The van der Waals surface area contributed by atoms with Crippen molar-refractivity contribution in [1.82, 2.24) is 5.32 Å². The van der Waals surface area contributed by atoms with Crippen LogP contribution in [0.3, 0.4) is 0 Å². The minimum Gasteiger partial charge on any atom is -0.480 e. The molecule has 0 saturated carbocycles. The number of aliphatic carboxylic acids is 1. The van der Waals surface area contributed by atoms with E-state index in [1.54, 1.807) is 32.0 Å². The molecule has 5 heteroatoms. The van der Waals surface area contributed by atoms with Crippen molar-refractivity contribution in [2.75, 3.05) is 0 Å². The van der Waals surface area contributed by atoms with Crippen LogP contribution in [0.1, 0.15) is 37.0 Å². The molecule has 0 saturated heterocycles. The van der Waals surface area contributed by atoms with Crippen LogP contribution in [-0.4, -0.2) is 22.5 Å². The van der Waals surface area contributed by atoms with Crippen molar-refractivity contribution in [2.45, 2.75) is 32.2 Å². The van der Waals surface area contributed by atoms with Crippen LogP contribution in [0.25, 0.3) is 11.0 Å². The summed E-state index contributed by atoms with van der Waals surface area (Å²) in [6.07, 6.45) is 2.00. The molecule has 0 fully saturated rings. The molecule has 0 unspecified atom stereocenters. The summed E-state index contributed by atoms with van der Waals surface area (Å²) >= 11 is 0. The normalized spacial score (nSPS) is 11.5. The van der Waals surface area contributed by atoms with Gasteiger partial charge in [-0.05, 0) is 18.9 Å². The smallest absolute Gasteiger partial charge is 0.329 e. The maximum absolute atomic E-state index is 12.3. The lowest BCUT2D eigenvalue weighted by Crippen LogP contribution is -2.53. The number of nitrogens with one attached hydrogen (secondary N) is 1. The molecular weight excluding hydrogens is 258 g/mol. The highest BCUT2D eigenvalue weighted by molar-refractivity contribution is 6.07. The van der Waals surface area contributed by atoms with Crippen molar-refractivity contribution >= 4 is 22.8 Å². The molecule has 0 aliphatic rings. The standard InChI is InChI=1S/C15H17NO4/c1-3-15(4-2,14(18)19)16-13(17)11-9-20-12-8-6-5-7-10(11)12/h5-9H,3-4H2,1-2H3,(H,16,17)(H,18,19). The topological polar surface area (TPSA) is 79.5 Å². The van der Waals surface area contributed by atoms with Crippen molar-refractivity contribution in [3.8, 4) is 0 Å². The van der Waals surface area contributed by atoms with Crippen LogP contribution in [0.15, 0.2) is 34.9 Å². The molecule has 0 spiro atoms. The number of carboxylic acids is 1. The summed E-state index contributed by atoms with van der Waals surface area (Å²) < 4.78 is 5.30. The Hall–Kier alpha value is -2.30. The molecule has 2 N–H and O–H groups in total. The van der Waals surface area contributed by atoms with E-state index in [1.807, 2.05) is 6.07 Å². The molecule has 1 amide bonds. The molecule has 0 atom stereocenters. The second kappa shape index (κ2) is 5.36. The minimum atomic E-state index is -1.24. The van der Waals surface area contributed by atoms with E-state index in [1.165, 1.54) is 6.26 Å². The summed E-state index contributed by atoms with van der Waals surface area (Å²) in [6, 6.07) is 7.15. The molecule has 0 bridgehead atoms. The van der Waals surface area contributed by atoms with Gasteiger partial charge in [-0.25, -0.2) is 4.79 Å². The van der Waals surface area contributed by atoms with Gasteiger partial charge in [0, 0.05) is 5.39 Å². The predicted octanol–water partition coefficient (Wildman–Crippen LogP) is 2.81. The molecule has 2 rings (SSSR count). The first kappa shape index (κ1) is 14.1. The van der Waals surface area contributed by atoms with E-state index < -0.39 is 17.4 Å². The highest BCUT2D eigenvalue weighted by atomic mass is 16.4. The number of furan rings is 1. The van der Waals surface area contributed by atoms with Crippen LogP contribution >= 0.6 is 0 Å². The quantitative estimate of drug-likeness (QED) is 0.879. The van der Waals surface area contributed by atoms with E-state index in [2.05, 4.69) is 5.32 Å². The Labute approximate surface area is 116 Å². The predicted molar refractivity (Wildman–Crippen MR) is 74.6 cm³/mol. The third-order valence-electron chi connectivity index (χ3n) is 3.69. The fraction of sp³-hybridized carbons (Fsp3) is 0.333. The Morgan fingerprint density at radius 1 is 1.25 bits per heavy atom. The number of para-hydroxylation sites is 1. The largest absolute Gasteiger partial charge is 0.480 e. The number of rotatable bonds is 5. The number of hydrogen-bond donors (Lipinski definition) is 2. The van der Waals surface area contributed by atoms with Crippen molar-refractivity contribution in [3.63, 3.8) is 0 Å². The maximum Gasteiger partial charge on any atom is 0.329 e. The molecule has 0 aliphatic heterocycles. The van der Waals surface area contributed by atoms with Gasteiger partial charge in [0.2, 0.25) is 0 Å². The minimum absolute atomic E-state index is 0.320. The average molecular weight is 275 g/mol. The summed E-state index contributed by atoms with van der Waals surface area (Å²) in [5.41, 5.74) is -0.283. The summed E-state index contributed by atoms with van der Waals surface area (Å²) in [7, 11) is 0. The lowest BCUT2D eigenvalue weighted by Gasteiger charge is -2.27. The van der Waals surface area contributed by atoms with Gasteiger partial charge in [-0.2, -0.15) is 0 Å². The van der Waals surface area contributed by atoms with Crippen LogP contribution in [0.4, 0.5) is 0 Å². The van der Waals surface area contributed by atoms with Gasteiger partial charge < -0.3 is 14.8 Å². The molecule has 20 heavy (non-hydrogen) atoms. The molecule has 106 valence electrons. The molecule has 1 aromatic heterocycles. The van der Waals surface area contributed by atoms with Gasteiger partial charge in [0.05, 0.1) is 5.56 Å². The third kappa shape index (κ3) is 2.27. The molecule has 1 heterocycles. The van der Waals surface area contributed by atoms with Gasteiger partial charge in [-0.15, -0.1) is 0 Å². The van der Waals surface area contributed by atoms with Crippen LogP contribution < -0.4 is 5.32 Å². The van der Waals surface area contributed by atoms with Gasteiger partial charge in [-0.3, -0.25) is 4.79 Å². The first-order chi connectivity index (χ1) is 9.54. The van der Waals surface area contributed by atoms with Crippen LogP contribution in [0.5, 0.6) is 0 Å². The molecule has 0 radical (unpaired) electrons. The van der Waals surface area contributed by atoms with Gasteiger partial charge in [0.15, 0.2) is 0 Å². The third-order valence-corrected chi connectivity index (χ3v) is 3.69. The van der Waals surface area contributed by atoms with Gasteiger partial charge >= 0.3 is 5.97 Å². The number of carboxylic acid groups (broad SMARTS) is 1. The van der Waals surface area contributed by atoms with E-state index in [-0.39, 0.29) is 0 Å². The molecule has 0 aliphatic carbocycles. The molecule has 2 aromatic rings. The van der Waals surface area contributed by atoms with Gasteiger partial charge in [0.1, 0.15) is 17.4 Å². The van der Waals surface area contributed by atoms with Crippen molar-refractivity contribution < 1.29 is 19.1 Å². The number of carbonyl (C=O) groups excluding carboxylic acids is 1. The molecular formula is C15H17NO4. The second-order valence-electron chi connectivity index (χ2n) is 4.69. The van der Waals surface area contributed by atoms with E-state index in [0.29, 0.717) is 29.4 Å². The summed E-state index contributed by atoms with van der Waals surface area (Å²) in [5.74, 6) is -1.45. The Morgan fingerprint density at radius 3 is 2.50 bits per heavy atom.